The Morgan fingerprint density at radius 2 is 1.64 bits per heavy atom. The Balaban J connectivity index is 1.75. The van der Waals surface area contributed by atoms with E-state index in [2.05, 4.69) is 36.2 Å². The number of hydrogen-bond donors (Lipinski definition) is 1. The van der Waals surface area contributed by atoms with Crippen molar-refractivity contribution >= 4 is 11.6 Å². The maximum absolute atomic E-state index is 12.8. The van der Waals surface area contributed by atoms with Crippen LogP contribution in [0.3, 0.4) is 0 Å². The number of hydrogen-bond acceptors (Lipinski definition) is 3. The Labute approximate surface area is 149 Å². The molecule has 132 valence electrons. The average molecular weight is 338 g/mol. The summed E-state index contributed by atoms with van der Waals surface area (Å²) in [5.74, 6) is 0.0182. The van der Waals surface area contributed by atoms with Crippen molar-refractivity contribution in [3.8, 4) is 11.1 Å². The third-order valence-electron chi connectivity index (χ3n) is 4.64. The molecule has 1 aliphatic heterocycles. The lowest BCUT2D eigenvalue weighted by molar-refractivity contribution is -0.126. The van der Waals surface area contributed by atoms with Gasteiger partial charge in [-0.15, -0.1) is 0 Å². The van der Waals surface area contributed by atoms with Crippen molar-refractivity contribution in [2.45, 2.75) is 39.0 Å². The fourth-order valence-corrected chi connectivity index (χ4v) is 3.40. The lowest BCUT2D eigenvalue weighted by Gasteiger charge is -2.38. The Morgan fingerprint density at radius 1 is 1.04 bits per heavy atom. The highest BCUT2D eigenvalue weighted by molar-refractivity contribution is 5.98. The van der Waals surface area contributed by atoms with Gasteiger partial charge in [0.2, 0.25) is 5.91 Å². The highest BCUT2D eigenvalue weighted by Gasteiger charge is 2.29. The number of amides is 1. The summed E-state index contributed by atoms with van der Waals surface area (Å²) in [6.45, 7) is 7.62. The van der Waals surface area contributed by atoms with Gasteiger partial charge in [-0.05, 0) is 32.4 Å². The monoisotopic (exact) mass is 338 g/mol. The summed E-state index contributed by atoms with van der Waals surface area (Å²) in [5, 5.41) is 3.11. The minimum Gasteiger partial charge on any atom is -0.373 e. The number of carbonyl (C=O) groups is 1. The summed E-state index contributed by atoms with van der Waals surface area (Å²) in [5.41, 5.74) is 2.98. The lowest BCUT2D eigenvalue weighted by Crippen LogP contribution is -2.52. The van der Waals surface area contributed by atoms with Crippen molar-refractivity contribution in [1.29, 1.82) is 0 Å². The molecule has 0 unspecified atom stereocenters. The second kappa shape index (κ2) is 7.81. The van der Waals surface area contributed by atoms with Gasteiger partial charge in [-0.3, -0.25) is 9.69 Å². The van der Waals surface area contributed by atoms with Crippen LogP contribution in [-0.2, 0) is 9.53 Å². The first-order chi connectivity index (χ1) is 12.0. The van der Waals surface area contributed by atoms with E-state index in [-0.39, 0.29) is 24.2 Å². The van der Waals surface area contributed by atoms with Gasteiger partial charge >= 0.3 is 0 Å². The molecule has 1 N–H and O–H groups in total. The summed E-state index contributed by atoms with van der Waals surface area (Å²) in [7, 11) is 0. The van der Waals surface area contributed by atoms with Crippen LogP contribution in [0.15, 0.2) is 54.6 Å². The first kappa shape index (κ1) is 17.6. The molecular weight excluding hydrogens is 312 g/mol. The zero-order valence-corrected chi connectivity index (χ0v) is 15.1. The number of anilines is 1. The Kier molecular flexibility index (Phi) is 5.51. The molecule has 1 saturated heterocycles. The van der Waals surface area contributed by atoms with Crippen LogP contribution in [0.2, 0.25) is 0 Å². The van der Waals surface area contributed by atoms with Gasteiger partial charge < -0.3 is 10.1 Å². The standard InChI is InChI=1S/C21H26N2O2/c1-15-13-23(14-16(2)25-15)17(3)21(24)22-20-12-8-7-11-19(20)18-9-5-4-6-10-18/h4-12,15-17H,13-14H2,1-3H3,(H,22,24)/t15-,16-,17-/m1/s1. The van der Waals surface area contributed by atoms with E-state index in [1.54, 1.807) is 0 Å². The smallest absolute Gasteiger partial charge is 0.241 e. The molecule has 3 atom stereocenters. The molecule has 0 aromatic heterocycles. The van der Waals surface area contributed by atoms with Gasteiger partial charge in [0.05, 0.1) is 18.2 Å². The van der Waals surface area contributed by atoms with Crippen molar-refractivity contribution < 1.29 is 9.53 Å². The van der Waals surface area contributed by atoms with Gasteiger partial charge in [0.25, 0.3) is 0 Å². The van der Waals surface area contributed by atoms with E-state index in [4.69, 9.17) is 4.74 Å². The minimum absolute atomic E-state index is 0.0182. The molecule has 0 bridgehead atoms. The molecule has 2 aromatic carbocycles. The topological polar surface area (TPSA) is 41.6 Å². The zero-order valence-electron chi connectivity index (χ0n) is 15.1. The van der Waals surface area contributed by atoms with Gasteiger partial charge in [-0.2, -0.15) is 0 Å². The molecule has 0 spiro atoms. The normalized spacial score (nSPS) is 22.4. The zero-order chi connectivity index (χ0) is 17.8. The van der Waals surface area contributed by atoms with Crippen LogP contribution in [-0.4, -0.2) is 42.1 Å². The molecule has 0 aliphatic carbocycles. The Hall–Kier alpha value is -2.17. The highest BCUT2D eigenvalue weighted by Crippen LogP contribution is 2.28. The molecule has 0 radical (unpaired) electrons. The molecule has 1 amide bonds. The number of rotatable bonds is 4. The van der Waals surface area contributed by atoms with Crippen LogP contribution in [0.5, 0.6) is 0 Å². The maximum Gasteiger partial charge on any atom is 0.241 e. The van der Waals surface area contributed by atoms with E-state index >= 15 is 0 Å². The van der Waals surface area contributed by atoms with Gasteiger partial charge in [0, 0.05) is 24.3 Å². The SMILES string of the molecule is C[C@@H]1CN([C@H](C)C(=O)Nc2ccccc2-c2ccccc2)C[C@@H](C)O1. The second-order valence-corrected chi connectivity index (χ2v) is 6.79. The number of carbonyl (C=O) groups excluding carboxylic acids is 1. The number of nitrogens with one attached hydrogen (secondary N) is 1. The number of para-hydroxylation sites is 1. The van der Waals surface area contributed by atoms with Crippen molar-refractivity contribution in [3.63, 3.8) is 0 Å². The summed E-state index contributed by atoms with van der Waals surface area (Å²) in [4.78, 5) is 15.0. The Bertz CT molecular complexity index is 707. The molecule has 1 aliphatic rings. The van der Waals surface area contributed by atoms with E-state index < -0.39 is 0 Å². The third kappa shape index (κ3) is 4.27. The predicted molar refractivity (Wildman–Crippen MR) is 102 cm³/mol. The quantitative estimate of drug-likeness (QED) is 0.922. The maximum atomic E-state index is 12.8. The molecule has 3 rings (SSSR count). The van der Waals surface area contributed by atoms with E-state index in [0.717, 1.165) is 29.9 Å². The average Bonchev–Trinajstić information content (AvgIpc) is 2.61. The van der Waals surface area contributed by atoms with E-state index in [1.165, 1.54) is 0 Å². The van der Waals surface area contributed by atoms with Gasteiger partial charge in [0.15, 0.2) is 0 Å². The van der Waals surface area contributed by atoms with Crippen LogP contribution in [0.25, 0.3) is 11.1 Å². The van der Waals surface area contributed by atoms with Crippen molar-refractivity contribution in [2.24, 2.45) is 0 Å². The van der Waals surface area contributed by atoms with Crippen LogP contribution in [0, 0.1) is 0 Å². The number of nitrogens with zero attached hydrogens (tertiary/aromatic N) is 1. The second-order valence-electron chi connectivity index (χ2n) is 6.79. The fraction of sp³-hybridized carbons (Fsp3) is 0.381. The van der Waals surface area contributed by atoms with Crippen LogP contribution in [0.4, 0.5) is 5.69 Å². The first-order valence-corrected chi connectivity index (χ1v) is 8.89. The molecule has 1 fully saturated rings. The Morgan fingerprint density at radius 3 is 2.32 bits per heavy atom. The van der Waals surface area contributed by atoms with Gasteiger partial charge in [-0.25, -0.2) is 0 Å². The van der Waals surface area contributed by atoms with Gasteiger partial charge in [0.1, 0.15) is 0 Å². The molecular formula is C21H26N2O2. The molecule has 4 nitrogen and oxygen atoms in total. The summed E-state index contributed by atoms with van der Waals surface area (Å²) in [6.07, 6.45) is 0.297. The van der Waals surface area contributed by atoms with Crippen LogP contribution in [0.1, 0.15) is 20.8 Å². The number of ether oxygens (including phenoxy) is 1. The predicted octanol–water partition coefficient (Wildman–Crippen LogP) is 3.79. The molecule has 25 heavy (non-hydrogen) atoms. The van der Waals surface area contributed by atoms with E-state index in [9.17, 15) is 4.79 Å². The van der Waals surface area contributed by atoms with Crippen LogP contribution < -0.4 is 5.32 Å². The summed E-state index contributed by atoms with van der Waals surface area (Å²) in [6, 6.07) is 17.9. The fourth-order valence-electron chi connectivity index (χ4n) is 3.40. The van der Waals surface area contributed by atoms with Crippen molar-refractivity contribution in [1.82, 2.24) is 4.90 Å². The largest absolute Gasteiger partial charge is 0.373 e. The minimum atomic E-state index is -0.197. The van der Waals surface area contributed by atoms with Crippen molar-refractivity contribution in [3.05, 3.63) is 54.6 Å². The van der Waals surface area contributed by atoms with Crippen LogP contribution >= 0.6 is 0 Å². The molecule has 2 aromatic rings. The van der Waals surface area contributed by atoms with Gasteiger partial charge in [-0.1, -0.05) is 48.5 Å². The highest BCUT2D eigenvalue weighted by atomic mass is 16.5. The third-order valence-corrected chi connectivity index (χ3v) is 4.64. The molecule has 4 heteroatoms. The first-order valence-electron chi connectivity index (χ1n) is 8.89. The lowest BCUT2D eigenvalue weighted by atomic mass is 10.0. The summed E-state index contributed by atoms with van der Waals surface area (Å²) < 4.78 is 5.77. The summed E-state index contributed by atoms with van der Waals surface area (Å²) >= 11 is 0. The van der Waals surface area contributed by atoms with Crippen molar-refractivity contribution in [2.75, 3.05) is 18.4 Å². The number of morpholine rings is 1. The molecule has 1 heterocycles. The van der Waals surface area contributed by atoms with E-state index in [0.29, 0.717) is 0 Å². The molecule has 0 saturated carbocycles. The number of benzene rings is 2. The van der Waals surface area contributed by atoms with E-state index in [1.807, 2.05) is 49.4 Å².